The second-order valence-electron chi connectivity index (χ2n) is 6.22. The van der Waals surface area contributed by atoms with Gasteiger partial charge < -0.3 is 9.64 Å². The van der Waals surface area contributed by atoms with Crippen LogP contribution in [0.15, 0.2) is 48.5 Å². The number of hydrogen-bond donors (Lipinski definition) is 0. The van der Waals surface area contributed by atoms with E-state index >= 15 is 0 Å². The Morgan fingerprint density at radius 1 is 1.21 bits per heavy atom. The van der Waals surface area contributed by atoms with Crippen molar-refractivity contribution in [3.63, 3.8) is 0 Å². The van der Waals surface area contributed by atoms with Crippen molar-refractivity contribution in [3.05, 3.63) is 69.2 Å². The Morgan fingerprint density at radius 3 is 2.61 bits per heavy atom. The average molecular weight is 403 g/mol. The molecular formula is C19H15ClN2O6. The first kappa shape index (κ1) is 19.5. The van der Waals surface area contributed by atoms with Crippen LogP contribution in [-0.4, -0.2) is 35.7 Å². The lowest BCUT2D eigenvalue weighted by Crippen LogP contribution is -2.27. The number of non-ortho nitro benzene ring substituents is 1. The average Bonchev–Trinajstić information content (AvgIpc) is 3.08. The highest BCUT2D eigenvalue weighted by Gasteiger charge is 2.36. The van der Waals surface area contributed by atoms with E-state index in [2.05, 4.69) is 0 Å². The van der Waals surface area contributed by atoms with E-state index in [9.17, 15) is 24.5 Å². The summed E-state index contributed by atoms with van der Waals surface area (Å²) in [6.45, 7) is -0.407. The molecule has 1 aliphatic rings. The van der Waals surface area contributed by atoms with Gasteiger partial charge in [0.15, 0.2) is 6.61 Å². The van der Waals surface area contributed by atoms with E-state index in [-0.39, 0.29) is 30.1 Å². The molecule has 2 aromatic rings. The number of benzene rings is 2. The molecule has 1 atom stereocenters. The molecule has 9 heteroatoms. The van der Waals surface area contributed by atoms with Crippen LogP contribution in [0.2, 0.25) is 5.02 Å². The summed E-state index contributed by atoms with van der Waals surface area (Å²) in [5.74, 6) is -2.14. The minimum Gasteiger partial charge on any atom is -0.457 e. The fourth-order valence-corrected chi connectivity index (χ4v) is 2.99. The van der Waals surface area contributed by atoms with E-state index in [1.807, 2.05) is 0 Å². The molecule has 0 aromatic heterocycles. The van der Waals surface area contributed by atoms with Crippen molar-refractivity contribution in [2.75, 3.05) is 18.1 Å². The highest BCUT2D eigenvalue weighted by molar-refractivity contribution is 6.30. The summed E-state index contributed by atoms with van der Waals surface area (Å²) in [6.07, 6.45) is -0.0214. The Balaban J connectivity index is 1.59. The largest absolute Gasteiger partial charge is 0.457 e. The number of esters is 1. The van der Waals surface area contributed by atoms with E-state index in [1.165, 1.54) is 23.1 Å². The van der Waals surface area contributed by atoms with Gasteiger partial charge in [0.1, 0.15) is 0 Å². The zero-order valence-electron chi connectivity index (χ0n) is 14.5. The molecule has 144 valence electrons. The highest BCUT2D eigenvalue weighted by Crippen LogP contribution is 2.27. The van der Waals surface area contributed by atoms with E-state index in [1.54, 1.807) is 24.3 Å². The van der Waals surface area contributed by atoms with Crippen LogP contribution in [0.4, 0.5) is 11.4 Å². The van der Waals surface area contributed by atoms with E-state index in [0.717, 1.165) is 6.07 Å². The maximum Gasteiger partial charge on any atom is 0.311 e. The maximum atomic E-state index is 12.3. The van der Waals surface area contributed by atoms with Crippen LogP contribution in [0, 0.1) is 16.0 Å². The number of ether oxygens (including phenoxy) is 1. The monoisotopic (exact) mass is 402 g/mol. The number of nitro benzene ring substituents is 1. The molecule has 1 amide bonds. The van der Waals surface area contributed by atoms with Gasteiger partial charge in [-0.1, -0.05) is 23.7 Å². The maximum absolute atomic E-state index is 12.3. The topological polar surface area (TPSA) is 107 Å². The predicted molar refractivity (Wildman–Crippen MR) is 100 cm³/mol. The molecule has 1 fully saturated rings. The van der Waals surface area contributed by atoms with Gasteiger partial charge in [-0.3, -0.25) is 24.5 Å². The van der Waals surface area contributed by atoms with Crippen LogP contribution in [0.25, 0.3) is 0 Å². The molecule has 28 heavy (non-hydrogen) atoms. The summed E-state index contributed by atoms with van der Waals surface area (Å²) < 4.78 is 5.04. The molecule has 0 bridgehead atoms. The van der Waals surface area contributed by atoms with Crippen molar-refractivity contribution in [2.24, 2.45) is 5.92 Å². The molecule has 0 spiro atoms. The van der Waals surface area contributed by atoms with Gasteiger partial charge >= 0.3 is 5.97 Å². The van der Waals surface area contributed by atoms with Crippen LogP contribution in [0.5, 0.6) is 0 Å². The number of nitrogens with zero attached hydrogens (tertiary/aromatic N) is 2. The molecular weight excluding hydrogens is 388 g/mol. The summed E-state index contributed by atoms with van der Waals surface area (Å²) in [4.78, 5) is 48.2. The smallest absolute Gasteiger partial charge is 0.311 e. The summed E-state index contributed by atoms with van der Waals surface area (Å²) in [7, 11) is 0. The number of halogens is 1. The van der Waals surface area contributed by atoms with Gasteiger partial charge in [0.25, 0.3) is 5.69 Å². The Morgan fingerprint density at radius 2 is 1.93 bits per heavy atom. The molecule has 8 nitrogen and oxygen atoms in total. The Hall–Kier alpha value is -3.26. The van der Waals surface area contributed by atoms with Gasteiger partial charge in [0.2, 0.25) is 11.7 Å². The van der Waals surface area contributed by atoms with E-state index in [0.29, 0.717) is 10.7 Å². The SMILES string of the molecule is O=C(COC(=O)[C@H]1CC(=O)N(c2ccc(Cl)cc2)C1)c1cccc([N+](=O)[O-])c1. The van der Waals surface area contributed by atoms with Crippen LogP contribution < -0.4 is 4.90 Å². The van der Waals surface area contributed by atoms with Crippen molar-refractivity contribution >= 4 is 40.6 Å². The molecule has 0 aliphatic carbocycles. The zero-order valence-corrected chi connectivity index (χ0v) is 15.3. The van der Waals surface area contributed by atoms with Gasteiger partial charge in [0, 0.05) is 41.4 Å². The first-order chi connectivity index (χ1) is 13.3. The summed E-state index contributed by atoms with van der Waals surface area (Å²) >= 11 is 5.84. The highest BCUT2D eigenvalue weighted by atomic mass is 35.5. The van der Waals surface area contributed by atoms with Crippen LogP contribution in [0.3, 0.4) is 0 Å². The van der Waals surface area contributed by atoms with Gasteiger partial charge in [-0.2, -0.15) is 0 Å². The number of Topliss-reactive ketones (excluding diaryl/α,β-unsaturated/α-hetero) is 1. The second kappa shape index (κ2) is 8.18. The fourth-order valence-electron chi connectivity index (χ4n) is 2.87. The van der Waals surface area contributed by atoms with Gasteiger partial charge in [0.05, 0.1) is 10.8 Å². The summed E-state index contributed by atoms with van der Waals surface area (Å²) in [5.41, 5.74) is 0.474. The predicted octanol–water partition coefficient (Wildman–Crippen LogP) is 3.03. The lowest BCUT2D eigenvalue weighted by atomic mass is 10.1. The van der Waals surface area contributed by atoms with Crippen molar-refractivity contribution in [3.8, 4) is 0 Å². The van der Waals surface area contributed by atoms with Crippen molar-refractivity contribution < 1.29 is 24.0 Å². The van der Waals surface area contributed by atoms with Crippen LogP contribution >= 0.6 is 11.6 Å². The molecule has 1 saturated heterocycles. The van der Waals surface area contributed by atoms with Crippen LogP contribution in [0.1, 0.15) is 16.8 Å². The Bertz CT molecular complexity index is 944. The summed E-state index contributed by atoms with van der Waals surface area (Å²) in [6, 6.07) is 11.8. The lowest BCUT2D eigenvalue weighted by molar-refractivity contribution is -0.384. The number of carbonyl (C=O) groups is 3. The molecule has 0 radical (unpaired) electrons. The van der Waals surface area contributed by atoms with Gasteiger partial charge in [-0.25, -0.2) is 0 Å². The number of hydrogen-bond acceptors (Lipinski definition) is 6. The second-order valence-corrected chi connectivity index (χ2v) is 6.66. The first-order valence-electron chi connectivity index (χ1n) is 8.35. The molecule has 2 aromatic carbocycles. The standard InChI is InChI=1S/C19H15ClN2O6/c20-14-4-6-15(7-5-14)21-10-13(9-18(21)24)19(25)28-11-17(23)12-2-1-3-16(8-12)22(26)27/h1-8,13H,9-11H2/t13-/m0/s1. The van der Waals surface area contributed by atoms with E-state index in [4.69, 9.17) is 16.3 Å². The minimum atomic E-state index is -0.693. The molecule has 1 heterocycles. The first-order valence-corrected chi connectivity index (χ1v) is 8.73. The molecule has 0 saturated carbocycles. The Kier molecular flexibility index (Phi) is 5.70. The number of anilines is 1. The molecule has 0 N–H and O–H groups in total. The van der Waals surface area contributed by atoms with Crippen molar-refractivity contribution in [2.45, 2.75) is 6.42 Å². The van der Waals surface area contributed by atoms with Crippen LogP contribution in [-0.2, 0) is 14.3 Å². The Labute approximate surface area is 164 Å². The third kappa shape index (κ3) is 4.34. The number of carbonyl (C=O) groups excluding carboxylic acids is 3. The zero-order chi connectivity index (χ0) is 20.3. The summed E-state index contributed by atoms with van der Waals surface area (Å²) in [5, 5.41) is 11.3. The number of rotatable bonds is 6. The lowest BCUT2D eigenvalue weighted by Gasteiger charge is -2.16. The van der Waals surface area contributed by atoms with Gasteiger partial charge in [-0.05, 0) is 24.3 Å². The third-order valence-electron chi connectivity index (χ3n) is 4.32. The quantitative estimate of drug-likeness (QED) is 0.318. The minimum absolute atomic E-state index is 0.0214. The number of ketones is 1. The number of nitro groups is 1. The third-order valence-corrected chi connectivity index (χ3v) is 4.57. The normalized spacial score (nSPS) is 16.1. The molecule has 3 rings (SSSR count). The van der Waals surface area contributed by atoms with Gasteiger partial charge in [-0.15, -0.1) is 0 Å². The van der Waals surface area contributed by atoms with Crippen molar-refractivity contribution in [1.82, 2.24) is 0 Å². The fraction of sp³-hybridized carbons (Fsp3) is 0.211. The molecule has 1 aliphatic heterocycles. The van der Waals surface area contributed by atoms with E-state index < -0.39 is 29.2 Å². The molecule has 0 unspecified atom stereocenters. The number of amides is 1. The van der Waals surface area contributed by atoms with Crippen molar-refractivity contribution in [1.29, 1.82) is 0 Å².